The van der Waals surface area contributed by atoms with Crippen LogP contribution in [0.5, 0.6) is 0 Å². The topological polar surface area (TPSA) is 12.0 Å². The van der Waals surface area contributed by atoms with Gasteiger partial charge in [0.25, 0.3) is 0 Å². The minimum absolute atomic E-state index is 0.730. The lowest BCUT2D eigenvalue weighted by molar-refractivity contribution is 0.414. The van der Waals surface area contributed by atoms with Crippen molar-refractivity contribution in [1.29, 1.82) is 0 Å². The van der Waals surface area contributed by atoms with E-state index < -0.39 is 0 Å². The fourth-order valence-electron chi connectivity index (χ4n) is 1.59. The molecule has 8 heavy (non-hydrogen) atoms. The van der Waals surface area contributed by atoms with E-state index in [0.717, 1.165) is 12.0 Å². The minimum atomic E-state index is 0.730. The standard InChI is InChI=1S/C7H11N/c1-2-7-5-6(1)3-4-8-7/h1-2,6-8H,3-5H2. The molecule has 2 rings (SSSR count). The third-order valence-corrected chi connectivity index (χ3v) is 2.09. The first-order chi connectivity index (χ1) is 3.95. The molecule has 0 spiro atoms. The second-order valence-corrected chi connectivity index (χ2v) is 2.73. The molecule has 2 aliphatic rings. The predicted molar refractivity (Wildman–Crippen MR) is 33.7 cm³/mol. The Balaban J connectivity index is 2.13. The van der Waals surface area contributed by atoms with Crippen LogP contribution in [-0.4, -0.2) is 12.6 Å². The molecular formula is C7H11N. The second-order valence-electron chi connectivity index (χ2n) is 2.73. The summed E-state index contributed by atoms with van der Waals surface area (Å²) in [6, 6.07) is 0.730. The van der Waals surface area contributed by atoms with Crippen molar-refractivity contribution in [3.8, 4) is 0 Å². The van der Waals surface area contributed by atoms with Gasteiger partial charge in [-0.05, 0) is 25.3 Å². The highest BCUT2D eigenvalue weighted by Crippen LogP contribution is 2.24. The highest BCUT2D eigenvalue weighted by Gasteiger charge is 2.21. The highest BCUT2D eigenvalue weighted by molar-refractivity contribution is 5.08. The Hall–Kier alpha value is -0.300. The molecule has 1 heterocycles. The molecule has 0 aromatic heterocycles. The first-order valence-corrected chi connectivity index (χ1v) is 3.37. The quantitative estimate of drug-likeness (QED) is 0.456. The molecule has 0 aromatic carbocycles. The molecule has 1 fully saturated rings. The van der Waals surface area contributed by atoms with E-state index in [1.54, 1.807) is 0 Å². The molecule has 1 saturated heterocycles. The number of nitrogens with one attached hydrogen (secondary N) is 1. The summed E-state index contributed by atoms with van der Waals surface area (Å²) >= 11 is 0. The SMILES string of the molecule is C1=CC2CC1CCN2. The molecule has 1 heteroatoms. The van der Waals surface area contributed by atoms with E-state index in [2.05, 4.69) is 17.5 Å². The molecule has 1 N–H and O–H groups in total. The molecule has 0 aromatic rings. The Morgan fingerprint density at radius 1 is 1.38 bits per heavy atom. The fourth-order valence-corrected chi connectivity index (χ4v) is 1.59. The number of fused-ring (bicyclic) bond motifs is 2. The van der Waals surface area contributed by atoms with Crippen molar-refractivity contribution in [3.05, 3.63) is 12.2 Å². The van der Waals surface area contributed by atoms with Gasteiger partial charge in [-0.25, -0.2) is 0 Å². The highest BCUT2D eigenvalue weighted by atomic mass is 14.9. The van der Waals surface area contributed by atoms with Crippen molar-refractivity contribution >= 4 is 0 Å². The van der Waals surface area contributed by atoms with Crippen LogP contribution in [0, 0.1) is 5.92 Å². The van der Waals surface area contributed by atoms with Crippen molar-refractivity contribution in [2.45, 2.75) is 18.9 Å². The maximum absolute atomic E-state index is 3.42. The summed E-state index contributed by atoms with van der Waals surface area (Å²) in [5.41, 5.74) is 0. The average Bonchev–Trinajstić information content (AvgIpc) is 2.12. The maximum atomic E-state index is 3.42. The van der Waals surface area contributed by atoms with Gasteiger partial charge in [-0.3, -0.25) is 0 Å². The molecule has 44 valence electrons. The van der Waals surface area contributed by atoms with E-state index >= 15 is 0 Å². The maximum Gasteiger partial charge on any atom is 0.0255 e. The Labute approximate surface area is 49.8 Å². The lowest BCUT2D eigenvalue weighted by Gasteiger charge is -2.19. The van der Waals surface area contributed by atoms with E-state index in [1.807, 2.05) is 0 Å². The van der Waals surface area contributed by atoms with Gasteiger partial charge in [-0.2, -0.15) is 0 Å². The Morgan fingerprint density at radius 2 is 2.38 bits per heavy atom. The molecule has 1 aliphatic heterocycles. The summed E-state index contributed by atoms with van der Waals surface area (Å²) in [5.74, 6) is 0.918. The Morgan fingerprint density at radius 3 is 3.12 bits per heavy atom. The average molecular weight is 109 g/mol. The van der Waals surface area contributed by atoms with E-state index in [9.17, 15) is 0 Å². The lowest BCUT2D eigenvalue weighted by Crippen LogP contribution is -2.32. The first-order valence-electron chi connectivity index (χ1n) is 3.37. The van der Waals surface area contributed by atoms with E-state index in [0.29, 0.717) is 0 Å². The van der Waals surface area contributed by atoms with E-state index in [1.165, 1.54) is 19.4 Å². The van der Waals surface area contributed by atoms with Gasteiger partial charge < -0.3 is 5.32 Å². The van der Waals surface area contributed by atoms with Gasteiger partial charge in [-0.15, -0.1) is 0 Å². The smallest absolute Gasteiger partial charge is 0.0255 e. The molecule has 0 radical (unpaired) electrons. The summed E-state index contributed by atoms with van der Waals surface area (Å²) in [7, 11) is 0. The van der Waals surface area contributed by atoms with Crippen LogP contribution >= 0.6 is 0 Å². The van der Waals surface area contributed by atoms with Gasteiger partial charge in [0, 0.05) is 6.04 Å². The van der Waals surface area contributed by atoms with Gasteiger partial charge in [-0.1, -0.05) is 12.2 Å². The van der Waals surface area contributed by atoms with Gasteiger partial charge in [0.2, 0.25) is 0 Å². The molecule has 0 amide bonds. The number of hydrogen-bond acceptors (Lipinski definition) is 1. The Bertz CT molecular complexity index is 106. The van der Waals surface area contributed by atoms with Gasteiger partial charge in [0.05, 0.1) is 0 Å². The molecule has 2 atom stereocenters. The Kier molecular flexibility index (Phi) is 0.908. The molecule has 2 unspecified atom stereocenters. The zero-order chi connectivity index (χ0) is 5.40. The van der Waals surface area contributed by atoms with Crippen LogP contribution < -0.4 is 5.32 Å². The third-order valence-electron chi connectivity index (χ3n) is 2.09. The van der Waals surface area contributed by atoms with Crippen LogP contribution in [0.2, 0.25) is 0 Å². The van der Waals surface area contributed by atoms with Crippen LogP contribution in [0.25, 0.3) is 0 Å². The van der Waals surface area contributed by atoms with Crippen LogP contribution in [0.1, 0.15) is 12.8 Å². The van der Waals surface area contributed by atoms with Gasteiger partial charge >= 0.3 is 0 Å². The molecule has 2 bridgehead atoms. The summed E-state index contributed by atoms with van der Waals surface area (Å²) in [5, 5.41) is 3.42. The third kappa shape index (κ3) is 0.583. The van der Waals surface area contributed by atoms with Crippen molar-refractivity contribution < 1.29 is 0 Å². The normalized spacial score (nSPS) is 43.0. The zero-order valence-corrected chi connectivity index (χ0v) is 4.93. The molecule has 1 aliphatic carbocycles. The van der Waals surface area contributed by atoms with Crippen LogP contribution in [0.3, 0.4) is 0 Å². The van der Waals surface area contributed by atoms with Gasteiger partial charge in [0.15, 0.2) is 0 Å². The van der Waals surface area contributed by atoms with Crippen molar-refractivity contribution in [3.63, 3.8) is 0 Å². The molecular weight excluding hydrogens is 98.1 g/mol. The lowest BCUT2D eigenvalue weighted by atomic mass is 10.0. The van der Waals surface area contributed by atoms with E-state index in [-0.39, 0.29) is 0 Å². The largest absolute Gasteiger partial charge is 0.310 e. The van der Waals surface area contributed by atoms with E-state index in [4.69, 9.17) is 0 Å². The second kappa shape index (κ2) is 1.59. The minimum Gasteiger partial charge on any atom is -0.310 e. The molecule has 1 nitrogen and oxygen atoms in total. The van der Waals surface area contributed by atoms with Crippen molar-refractivity contribution in [2.75, 3.05) is 6.54 Å². The van der Waals surface area contributed by atoms with Crippen LogP contribution in [-0.2, 0) is 0 Å². The summed E-state index contributed by atoms with van der Waals surface area (Å²) in [6.45, 7) is 1.22. The van der Waals surface area contributed by atoms with Crippen LogP contribution in [0.4, 0.5) is 0 Å². The fraction of sp³-hybridized carbons (Fsp3) is 0.714. The first kappa shape index (κ1) is 4.57. The number of rotatable bonds is 0. The summed E-state index contributed by atoms with van der Waals surface area (Å²) in [6.07, 6.45) is 7.37. The van der Waals surface area contributed by atoms with Crippen molar-refractivity contribution in [2.24, 2.45) is 5.92 Å². The van der Waals surface area contributed by atoms with Gasteiger partial charge in [0.1, 0.15) is 0 Å². The number of allylic oxidation sites excluding steroid dienone is 1. The molecule has 0 saturated carbocycles. The number of hydrogen-bond donors (Lipinski definition) is 1. The zero-order valence-electron chi connectivity index (χ0n) is 4.93. The summed E-state index contributed by atoms with van der Waals surface area (Å²) in [4.78, 5) is 0. The summed E-state index contributed by atoms with van der Waals surface area (Å²) < 4.78 is 0. The number of piperidine rings is 1. The van der Waals surface area contributed by atoms with Crippen molar-refractivity contribution in [1.82, 2.24) is 5.32 Å². The predicted octanol–water partition coefficient (Wildman–Crippen LogP) is 0.924. The monoisotopic (exact) mass is 109 g/mol. The van der Waals surface area contributed by atoms with Crippen LogP contribution in [0.15, 0.2) is 12.2 Å².